The van der Waals surface area contributed by atoms with E-state index in [-0.39, 0.29) is 17.5 Å². The fourth-order valence-electron chi connectivity index (χ4n) is 2.89. The molecule has 0 saturated carbocycles. The maximum absolute atomic E-state index is 12.5. The van der Waals surface area contributed by atoms with E-state index in [0.29, 0.717) is 25.4 Å². The summed E-state index contributed by atoms with van der Waals surface area (Å²) < 4.78 is 30.5. The molecule has 0 radical (unpaired) electrons. The highest BCUT2D eigenvalue weighted by molar-refractivity contribution is 7.92. The van der Waals surface area contributed by atoms with Crippen LogP contribution in [0.25, 0.3) is 0 Å². The molecule has 0 spiro atoms. The number of nitrogens with zero attached hydrogens (tertiary/aromatic N) is 3. The van der Waals surface area contributed by atoms with Crippen LogP contribution < -0.4 is 9.46 Å². The van der Waals surface area contributed by atoms with Gasteiger partial charge in [-0.2, -0.15) is 0 Å². The molecule has 2 aromatic rings. The lowest BCUT2D eigenvalue weighted by Gasteiger charge is -2.34. The predicted molar refractivity (Wildman–Crippen MR) is 109 cm³/mol. The van der Waals surface area contributed by atoms with Gasteiger partial charge in [-0.1, -0.05) is 18.2 Å². The van der Waals surface area contributed by atoms with Gasteiger partial charge >= 0.3 is 0 Å². The van der Waals surface area contributed by atoms with Crippen LogP contribution in [0.2, 0.25) is 0 Å². The molecule has 1 saturated heterocycles. The Hall–Kier alpha value is -2.17. The van der Waals surface area contributed by atoms with Crippen LogP contribution in [-0.4, -0.2) is 74.7 Å². The Morgan fingerprint density at radius 1 is 1.21 bits per heavy atom. The van der Waals surface area contributed by atoms with Gasteiger partial charge in [-0.05, 0) is 12.1 Å². The largest absolute Gasteiger partial charge is 0.492 e. The number of thiazole rings is 1. The lowest BCUT2D eigenvalue weighted by Crippen LogP contribution is -2.50. The fraction of sp³-hybridized carbons (Fsp3) is 0.444. The van der Waals surface area contributed by atoms with Crippen molar-refractivity contribution in [2.75, 3.05) is 50.3 Å². The number of hydrogen-bond donors (Lipinski definition) is 1. The van der Waals surface area contributed by atoms with Crippen molar-refractivity contribution in [2.45, 2.75) is 6.42 Å². The zero-order valence-corrected chi connectivity index (χ0v) is 17.3. The van der Waals surface area contributed by atoms with Crippen molar-refractivity contribution in [3.8, 4) is 5.75 Å². The van der Waals surface area contributed by atoms with Crippen LogP contribution in [0.5, 0.6) is 5.75 Å². The maximum atomic E-state index is 12.5. The van der Waals surface area contributed by atoms with E-state index in [1.165, 1.54) is 11.3 Å². The third-order valence-electron chi connectivity index (χ3n) is 4.30. The van der Waals surface area contributed by atoms with E-state index in [2.05, 4.69) is 14.6 Å². The van der Waals surface area contributed by atoms with Crippen molar-refractivity contribution in [2.24, 2.45) is 0 Å². The number of sulfonamides is 1. The molecule has 1 aliphatic heterocycles. The summed E-state index contributed by atoms with van der Waals surface area (Å²) in [5.41, 5.74) is 0.583. The second-order valence-corrected chi connectivity index (χ2v) is 9.19. The maximum Gasteiger partial charge on any atom is 0.231 e. The van der Waals surface area contributed by atoms with Crippen molar-refractivity contribution < 1.29 is 17.9 Å². The Morgan fingerprint density at radius 3 is 2.61 bits per heavy atom. The van der Waals surface area contributed by atoms with Gasteiger partial charge in [-0.15, -0.1) is 11.3 Å². The molecule has 28 heavy (non-hydrogen) atoms. The average Bonchev–Trinajstić information content (AvgIpc) is 3.08. The van der Waals surface area contributed by atoms with Crippen molar-refractivity contribution in [3.05, 3.63) is 41.4 Å². The summed E-state index contributed by atoms with van der Waals surface area (Å²) in [6.45, 7) is 4.39. The van der Waals surface area contributed by atoms with E-state index in [9.17, 15) is 13.2 Å². The quantitative estimate of drug-likeness (QED) is 0.686. The van der Waals surface area contributed by atoms with Crippen molar-refractivity contribution in [3.63, 3.8) is 0 Å². The number of benzene rings is 1. The minimum atomic E-state index is -3.36. The second-order valence-electron chi connectivity index (χ2n) is 6.58. The van der Waals surface area contributed by atoms with Crippen molar-refractivity contribution in [1.29, 1.82) is 0 Å². The van der Waals surface area contributed by atoms with Gasteiger partial charge in [0.2, 0.25) is 15.9 Å². The smallest absolute Gasteiger partial charge is 0.231 e. The number of para-hydroxylation sites is 1. The lowest BCUT2D eigenvalue weighted by atomic mass is 10.2. The Balaban J connectivity index is 1.39. The molecule has 8 nitrogen and oxygen atoms in total. The first kappa shape index (κ1) is 20.6. The zero-order valence-electron chi connectivity index (χ0n) is 15.7. The third kappa shape index (κ3) is 6.47. The molecule has 1 aromatic carbocycles. The van der Waals surface area contributed by atoms with Gasteiger partial charge < -0.3 is 9.64 Å². The van der Waals surface area contributed by atoms with Gasteiger partial charge in [0, 0.05) is 38.1 Å². The molecule has 0 unspecified atom stereocenters. The molecule has 0 aliphatic carbocycles. The first-order valence-corrected chi connectivity index (χ1v) is 11.8. The number of carbonyl (C=O) groups is 1. The van der Waals surface area contributed by atoms with E-state index >= 15 is 0 Å². The average molecular weight is 425 g/mol. The van der Waals surface area contributed by atoms with Gasteiger partial charge in [-0.25, -0.2) is 13.4 Å². The van der Waals surface area contributed by atoms with Crippen LogP contribution in [0.1, 0.15) is 5.69 Å². The fourth-order valence-corrected chi connectivity index (χ4v) is 4.45. The van der Waals surface area contributed by atoms with E-state index in [4.69, 9.17) is 4.74 Å². The van der Waals surface area contributed by atoms with E-state index in [1.807, 2.05) is 35.2 Å². The molecule has 1 aromatic heterocycles. The van der Waals surface area contributed by atoms with Crippen LogP contribution in [0, 0.1) is 0 Å². The van der Waals surface area contributed by atoms with Crippen LogP contribution in [0.15, 0.2) is 35.7 Å². The number of piperazine rings is 1. The monoisotopic (exact) mass is 424 g/mol. The molecule has 1 fully saturated rings. The number of hydrogen-bond acceptors (Lipinski definition) is 7. The Kier molecular flexibility index (Phi) is 6.87. The first-order valence-electron chi connectivity index (χ1n) is 8.99. The predicted octanol–water partition coefficient (Wildman–Crippen LogP) is 1.28. The van der Waals surface area contributed by atoms with Gasteiger partial charge in [0.15, 0.2) is 5.13 Å². The Bertz CT molecular complexity index is 878. The first-order chi connectivity index (χ1) is 13.4. The van der Waals surface area contributed by atoms with Crippen LogP contribution in [-0.2, 0) is 21.2 Å². The van der Waals surface area contributed by atoms with Gasteiger partial charge in [0.05, 0.1) is 18.4 Å². The highest BCUT2D eigenvalue weighted by Gasteiger charge is 2.22. The molecule has 152 valence electrons. The number of ether oxygens (including phenoxy) is 1. The summed E-state index contributed by atoms with van der Waals surface area (Å²) in [6, 6.07) is 9.72. The molecule has 1 amide bonds. The summed E-state index contributed by atoms with van der Waals surface area (Å²) in [4.78, 5) is 20.8. The van der Waals surface area contributed by atoms with Crippen molar-refractivity contribution >= 4 is 32.4 Å². The minimum Gasteiger partial charge on any atom is -0.492 e. The molecule has 1 aliphatic rings. The molecular weight excluding hydrogens is 400 g/mol. The number of aromatic nitrogens is 1. The SMILES string of the molecule is CS(=O)(=O)Nc1nc(CC(=O)N2CCN(CCOc3ccccc3)CC2)cs1. The number of amides is 1. The summed E-state index contributed by atoms with van der Waals surface area (Å²) in [6.07, 6.45) is 1.25. The Labute approximate surface area is 169 Å². The van der Waals surface area contributed by atoms with Gasteiger partial charge in [0.1, 0.15) is 12.4 Å². The summed E-state index contributed by atoms with van der Waals surface area (Å²) in [5, 5.41) is 2.00. The van der Waals surface area contributed by atoms with Crippen LogP contribution in [0.4, 0.5) is 5.13 Å². The minimum absolute atomic E-state index is 0.0105. The van der Waals surface area contributed by atoms with Gasteiger partial charge in [0.25, 0.3) is 0 Å². The van der Waals surface area contributed by atoms with Gasteiger partial charge in [-0.3, -0.25) is 14.4 Å². The topological polar surface area (TPSA) is 91.8 Å². The molecule has 0 atom stereocenters. The number of nitrogens with one attached hydrogen (secondary N) is 1. The normalized spacial score (nSPS) is 15.4. The molecule has 1 N–H and O–H groups in total. The third-order valence-corrected chi connectivity index (χ3v) is 5.80. The van der Waals surface area contributed by atoms with Crippen molar-refractivity contribution in [1.82, 2.24) is 14.8 Å². The van der Waals surface area contributed by atoms with E-state index in [0.717, 1.165) is 31.6 Å². The molecule has 3 rings (SSSR count). The number of carbonyl (C=O) groups excluding carboxylic acids is 1. The summed E-state index contributed by atoms with van der Waals surface area (Å²) in [7, 11) is -3.36. The molecule has 10 heteroatoms. The standard InChI is InChI=1S/C18H24N4O4S2/c1-28(24,25)20-18-19-15(14-27-18)13-17(23)22-9-7-21(8-10-22)11-12-26-16-5-3-2-4-6-16/h2-6,14H,7-13H2,1H3,(H,19,20). The number of rotatable bonds is 8. The number of anilines is 1. The zero-order chi connectivity index (χ0) is 20.0. The van der Waals surface area contributed by atoms with E-state index < -0.39 is 10.0 Å². The summed E-state index contributed by atoms with van der Waals surface area (Å²) >= 11 is 1.18. The lowest BCUT2D eigenvalue weighted by molar-refractivity contribution is -0.132. The van der Waals surface area contributed by atoms with E-state index in [1.54, 1.807) is 5.38 Å². The van der Waals surface area contributed by atoms with Crippen LogP contribution in [0.3, 0.4) is 0 Å². The Morgan fingerprint density at radius 2 is 1.93 bits per heavy atom. The molecule has 2 heterocycles. The summed E-state index contributed by atoms with van der Waals surface area (Å²) in [5.74, 6) is 0.876. The molecular formula is C18H24N4O4S2. The molecule has 0 bridgehead atoms. The van der Waals surface area contributed by atoms with Crippen LogP contribution >= 0.6 is 11.3 Å². The highest BCUT2D eigenvalue weighted by Crippen LogP contribution is 2.17. The highest BCUT2D eigenvalue weighted by atomic mass is 32.2. The second kappa shape index (κ2) is 9.35.